The number of carboxylic acids is 1. The molecule has 2 rings (SSSR count). The molecule has 0 aromatic carbocycles. The molecule has 2 heterocycles. The third kappa shape index (κ3) is 2.98. The molecule has 0 radical (unpaired) electrons. The minimum absolute atomic E-state index is 0.112. The van der Waals surface area contributed by atoms with Gasteiger partial charge in [-0.05, 0) is 6.42 Å². The quantitative estimate of drug-likeness (QED) is 0.835. The Morgan fingerprint density at radius 3 is 2.75 bits per heavy atom. The van der Waals surface area contributed by atoms with Crippen LogP contribution in [0, 0.1) is 0 Å². The van der Waals surface area contributed by atoms with Crippen molar-refractivity contribution in [1.29, 1.82) is 0 Å². The van der Waals surface area contributed by atoms with Crippen molar-refractivity contribution in [3.63, 3.8) is 0 Å². The second-order valence-electron chi connectivity index (χ2n) is 4.88. The SMILES string of the molecule is CCCc1cc(C(=O)NC2(C(=O)O)CCOCC2)no1. The van der Waals surface area contributed by atoms with E-state index in [0.29, 0.717) is 25.4 Å². The zero-order valence-electron chi connectivity index (χ0n) is 11.3. The average molecular weight is 282 g/mol. The Morgan fingerprint density at radius 1 is 1.45 bits per heavy atom. The molecule has 2 N–H and O–H groups in total. The molecule has 1 aromatic rings. The van der Waals surface area contributed by atoms with Crippen LogP contribution in [0.25, 0.3) is 0 Å². The molecule has 1 saturated heterocycles. The van der Waals surface area contributed by atoms with Gasteiger partial charge in [-0.25, -0.2) is 4.79 Å². The summed E-state index contributed by atoms with van der Waals surface area (Å²) in [6, 6.07) is 1.55. The van der Waals surface area contributed by atoms with Crippen LogP contribution in [-0.2, 0) is 16.0 Å². The summed E-state index contributed by atoms with van der Waals surface area (Å²) in [5, 5.41) is 15.6. The summed E-state index contributed by atoms with van der Waals surface area (Å²) in [4.78, 5) is 23.5. The summed E-state index contributed by atoms with van der Waals surface area (Å²) in [5.74, 6) is -0.958. The predicted octanol–water partition coefficient (Wildman–Crippen LogP) is 0.991. The van der Waals surface area contributed by atoms with Crippen LogP contribution < -0.4 is 5.32 Å². The van der Waals surface area contributed by atoms with Crippen molar-refractivity contribution in [2.45, 2.75) is 38.1 Å². The molecule has 1 fully saturated rings. The number of nitrogens with zero attached hydrogens (tertiary/aromatic N) is 1. The minimum atomic E-state index is -1.28. The Kier molecular flexibility index (Phi) is 4.39. The van der Waals surface area contributed by atoms with Crippen LogP contribution in [0.3, 0.4) is 0 Å². The van der Waals surface area contributed by atoms with Gasteiger partial charge in [-0.15, -0.1) is 0 Å². The summed E-state index contributed by atoms with van der Waals surface area (Å²) in [7, 11) is 0. The summed E-state index contributed by atoms with van der Waals surface area (Å²) < 4.78 is 10.2. The van der Waals surface area contributed by atoms with E-state index in [1.165, 1.54) is 0 Å². The molecule has 20 heavy (non-hydrogen) atoms. The Morgan fingerprint density at radius 2 is 2.15 bits per heavy atom. The maximum Gasteiger partial charge on any atom is 0.329 e. The van der Waals surface area contributed by atoms with Gasteiger partial charge < -0.3 is 19.7 Å². The van der Waals surface area contributed by atoms with Crippen molar-refractivity contribution < 1.29 is 24.0 Å². The lowest BCUT2D eigenvalue weighted by Gasteiger charge is -2.33. The number of hydrogen-bond donors (Lipinski definition) is 2. The zero-order chi connectivity index (χ0) is 14.6. The van der Waals surface area contributed by atoms with Gasteiger partial charge in [0.05, 0.1) is 0 Å². The van der Waals surface area contributed by atoms with Crippen molar-refractivity contribution >= 4 is 11.9 Å². The number of amides is 1. The Hall–Kier alpha value is -1.89. The molecule has 0 bridgehead atoms. The van der Waals surface area contributed by atoms with E-state index in [-0.39, 0.29) is 18.5 Å². The first-order chi connectivity index (χ1) is 9.57. The van der Waals surface area contributed by atoms with Gasteiger partial charge in [-0.2, -0.15) is 0 Å². The molecule has 0 aliphatic carbocycles. The van der Waals surface area contributed by atoms with Gasteiger partial charge in [0.25, 0.3) is 5.91 Å². The predicted molar refractivity (Wildman–Crippen MR) is 68.4 cm³/mol. The van der Waals surface area contributed by atoms with Gasteiger partial charge in [0.15, 0.2) is 5.69 Å². The second kappa shape index (κ2) is 6.04. The maximum atomic E-state index is 12.1. The van der Waals surface area contributed by atoms with Crippen LogP contribution in [0.4, 0.5) is 0 Å². The summed E-state index contributed by atoms with van der Waals surface area (Å²) >= 11 is 0. The molecular formula is C13H18N2O5. The highest BCUT2D eigenvalue weighted by Crippen LogP contribution is 2.21. The first-order valence-electron chi connectivity index (χ1n) is 6.66. The standard InChI is InChI=1S/C13H18N2O5/c1-2-3-9-8-10(15-20-9)11(16)14-13(12(17)18)4-6-19-7-5-13/h8H,2-7H2,1H3,(H,14,16)(H,17,18). The average Bonchev–Trinajstić information content (AvgIpc) is 2.89. The van der Waals surface area contributed by atoms with Crippen molar-refractivity contribution in [2.75, 3.05) is 13.2 Å². The fourth-order valence-corrected chi connectivity index (χ4v) is 2.18. The van der Waals surface area contributed by atoms with Crippen LogP contribution in [0.2, 0.25) is 0 Å². The van der Waals surface area contributed by atoms with Crippen LogP contribution in [0.1, 0.15) is 42.4 Å². The molecule has 7 heteroatoms. The number of aromatic nitrogens is 1. The zero-order valence-corrected chi connectivity index (χ0v) is 11.3. The molecular weight excluding hydrogens is 264 g/mol. The number of nitrogens with one attached hydrogen (secondary N) is 1. The van der Waals surface area contributed by atoms with Crippen LogP contribution in [0.15, 0.2) is 10.6 Å². The molecule has 1 amide bonds. The van der Waals surface area contributed by atoms with Crippen molar-refractivity contribution in [3.05, 3.63) is 17.5 Å². The number of carbonyl (C=O) groups is 2. The van der Waals surface area contributed by atoms with Gasteiger partial charge in [0.1, 0.15) is 11.3 Å². The van der Waals surface area contributed by atoms with Crippen LogP contribution >= 0.6 is 0 Å². The molecule has 0 unspecified atom stereocenters. The van der Waals surface area contributed by atoms with E-state index in [1.54, 1.807) is 6.07 Å². The first kappa shape index (κ1) is 14.5. The molecule has 0 saturated carbocycles. The van der Waals surface area contributed by atoms with E-state index in [0.717, 1.165) is 6.42 Å². The third-order valence-electron chi connectivity index (χ3n) is 3.40. The van der Waals surface area contributed by atoms with Crippen molar-refractivity contribution in [3.8, 4) is 0 Å². The van der Waals surface area contributed by atoms with Gasteiger partial charge in [0.2, 0.25) is 0 Å². The molecule has 7 nitrogen and oxygen atoms in total. The smallest absolute Gasteiger partial charge is 0.329 e. The summed E-state index contributed by atoms with van der Waals surface area (Å²) in [5.41, 5.74) is -1.17. The lowest BCUT2D eigenvalue weighted by Crippen LogP contribution is -2.57. The normalized spacial score (nSPS) is 17.6. The first-order valence-corrected chi connectivity index (χ1v) is 6.66. The lowest BCUT2D eigenvalue weighted by molar-refractivity contribution is -0.148. The van der Waals surface area contributed by atoms with E-state index in [9.17, 15) is 14.7 Å². The number of carbonyl (C=O) groups excluding carboxylic acids is 1. The van der Waals surface area contributed by atoms with Crippen molar-refractivity contribution in [2.24, 2.45) is 0 Å². The van der Waals surface area contributed by atoms with E-state index in [2.05, 4.69) is 10.5 Å². The van der Waals surface area contributed by atoms with E-state index in [1.807, 2.05) is 6.92 Å². The van der Waals surface area contributed by atoms with Gasteiger partial charge in [-0.3, -0.25) is 4.79 Å². The summed E-state index contributed by atoms with van der Waals surface area (Å²) in [6.07, 6.45) is 2.06. The molecule has 0 atom stereocenters. The second-order valence-corrected chi connectivity index (χ2v) is 4.88. The Bertz CT molecular complexity index is 491. The third-order valence-corrected chi connectivity index (χ3v) is 3.40. The number of aliphatic carboxylic acids is 1. The van der Waals surface area contributed by atoms with E-state index >= 15 is 0 Å². The summed E-state index contributed by atoms with van der Waals surface area (Å²) in [6.45, 7) is 2.61. The number of aryl methyl sites for hydroxylation is 1. The van der Waals surface area contributed by atoms with Gasteiger partial charge in [0, 0.05) is 38.5 Å². The molecule has 1 aliphatic rings. The largest absolute Gasteiger partial charge is 0.480 e. The van der Waals surface area contributed by atoms with Gasteiger partial charge >= 0.3 is 5.97 Å². The molecule has 1 aliphatic heterocycles. The Labute approximate surface area is 116 Å². The molecule has 1 aromatic heterocycles. The highest BCUT2D eigenvalue weighted by atomic mass is 16.5. The molecule has 0 spiro atoms. The number of hydrogen-bond acceptors (Lipinski definition) is 5. The van der Waals surface area contributed by atoms with Crippen LogP contribution in [0.5, 0.6) is 0 Å². The van der Waals surface area contributed by atoms with Crippen molar-refractivity contribution in [1.82, 2.24) is 10.5 Å². The fraction of sp³-hybridized carbons (Fsp3) is 0.615. The number of rotatable bonds is 5. The highest BCUT2D eigenvalue weighted by molar-refractivity contribution is 5.96. The topological polar surface area (TPSA) is 102 Å². The van der Waals surface area contributed by atoms with E-state index in [4.69, 9.17) is 9.26 Å². The molecule has 110 valence electrons. The fourth-order valence-electron chi connectivity index (χ4n) is 2.18. The Balaban J connectivity index is 2.09. The van der Waals surface area contributed by atoms with E-state index < -0.39 is 17.4 Å². The number of carboxylic acid groups (broad SMARTS) is 1. The lowest BCUT2D eigenvalue weighted by atomic mass is 9.90. The number of ether oxygens (including phenoxy) is 1. The van der Waals surface area contributed by atoms with Gasteiger partial charge in [-0.1, -0.05) is 12.1 Å². The van der Waals surface area contributed by atoms with Crippen LogP contribution in [-0.4, -0.2) is 40.9 Å². The maximum absolute atomic E-state index is 12.1. The minimum Gasteiger partial charge on any atom is -0.480 e. The monoisotopic (exact) mass is 282 g/mol. The highest BCUT2D eigenvalue weighted by Gasteiger charge is 2.42.